The number of ether oxygens (including phenoxy) is 1. The predicted molar refractivity (Wildman–Crippen MR) is 95.0 cm³/mol. The van der Waals surface area contributed by atoms with Gasteiger partial charge in [-0.1, -0.05) is 19.4 Å². The molecule has 0 spiro atoms. The third kappa shape index (κ3) is 5.10. The fraction of sp³-hybridized carbons (Fsp3) is 0.647. The number of aromatic nitrogens is 1. The summed E-state index contributed by atoms with van der Waals surface area (Å²) in [6.07, 6.45) is 4.21. The van der Waals surface area contributed by atoms with Gasteiger partial charge in [-0.05, 0) is 12.5 Å². The molecule has 1 aliphatic rings. The summed E-state index contributed by atoms with van der Waals surface area (Å²) in [7, 11) is 3.91. The molecule has 0 atom stereocenters. The number of rotatable bonds is 6. The number of hydrogen-bond acceptors (Lipinski definition) is 4. The summed E-state index contributed by atoms with van der Waals surface area (Å²) < 4.78 is 5.43. The number of guanidine groups is 1. The summed E-state index contributed by atoms with van der Waals surface area (Å²) in [6.45, 7) is 7.28. The predicted octanol–water partition coefficient (Wildman–Crippen LogP) is 1.73. The van der Waals surface area contributed by atoms with Crippen molar-refractivity contribution in [3.8, 4) is 0 Å². The number of nitrogens with one attached hydrogen (secondary N) is 1. The molecule has 1 aromatic heterocycles. The van der Waals surface area contributed by atoms with Crippen LogP contribution < -0.4 is 10.2 Å². The van der Waals surface area contributed by atoms with Gasteiger partial charge in [0.1, 0.15) is 5.82 Å². The van der Waals surface area contributed by atoms with E-state index in [1.54, 1.807) is 0 Å². The average Bonchev–Trinajstić information content (AvgIpc) is 2.61. The topological polar surface area (TPSA) is 53.0 Å². The van der Waals surface area contributed by atoms with Crippen LogP contribution in [0.2, 0.25) is 0 Å². The van der Waals surface area contributed by atoms with Gasteiger partial charge in [0.15, 0.2) is 5.96 Å². The molecule has 128 valence electrons. The van der Waals surface area contributed by atoms with Crippen LogP contribution in [0.4, 0.5) is 5.82 Å². The smallest absolute Gasteiger partial charge is 0.193 e. The van der Waals surface area contributed by atoms with E-state index in [9.17, 15) is 0 Å². The molecule has 1 aromatic rings. The second-order valence-electron chi connectivity index (χ2n) is 5.76. The maximum Gasteiger partial charge on any atom is 0.193 e. The van der Waals surface area contributed by atoms with Crippen LogP contribution in [0.25, 0.3) is 0 Å². The molecule has 6 nitrogen and oxygen atoms in total. The molecule has 0 amide bonds. The molecule has 0 unspecified atom stereocenters. The number of pyridine rings is 1. The molecule has 0 aliphatic carbocycles. The number of aliphatic imine (C=N–C) groups is 1. The Balaban J connectivity index is 1.99. The summed E-state index contributed by atoms with van der Waals surface area (Å²) in [5.41, 5.74) is 1.19. The lowest BCUT2D eigenvalue weighted by Crippen LogP contribution is -2.40. The zero-order valence-corrected chi connectivity index (χ0v) is 14.6. The molecule has 6 heteroatoms. The molecule has 1 aliphatic heterocycles. The van der Waals surface area contributed by atoms with Crippen molar-refractivity contribution >= 4 is 11.8 Å². The van der Waals surface area contributed by atoms with Gasteiger partial charge < -0.3 is 19.9 Å². The molecule has 1 saturated heterocycles. The lowest BCUT2D eigenvalue weighted by atomic mass is 10.2. The van der Waals surface area contributed by atoms with Gasteiger partial charge in [0.25, 0.3) is 0 Å². The SMILES string of the molecule is CCCCN(C)C(=NC)NCc1cccnc1N1CCOCC1. The largest absolute Gasteiger partial charge is 0.378 e. The Labute approximate surface area is 139 Å². The highest BCUT2D eigenvalue weighted by molar-refractivity contribution is 5.79. The Morgan fingerprint density at radius 3 is 2.91 bits per heavy atom. The summed E-state index contributed by atoms with van der Waals surface area (Å²) in [5.74, 6) is 1.98. The average molecular weight is 319 g/mol. The minimum Gasteiger partial charge on any atom is -0.378 e. The van der Waals surface area contributed by atoms with Gasteiger partial charge in [-0.15, -0.1) is 0 Å². The number of unbranched alkanes of at least 4 members (excludes halogenated alkanes) is 1. The van der Waals surface area contributed by atoms with Crippen molar-refractivity contribution in [3.63, 3.8) is 0 Å². The number of hydrogen-bond donors (Lipinski definition) is 1. The van der Waals surface area contributed by atoms with Crippen LogP contribution in [-0.2, 0) is 11.3 Å². The van der Waals surface area contributed by atoms with Gasteiger partial charge >= 0.3 is 0 Å². The third-order valence-corrected chi connectivity index (χ3v) is 4.04. The molecule has 0 bridgehead atoms. The Kier molecular flexibility index (Phi) is 7.13. The first-order valence-electron chi connectivity index (χ1n) is 8.44. The summed E-state index contributed by atoms with van der Waals surface area (Å²) in [5, 5.41) is 3.45. The van der Waals surface area contributed by atoms with E-state index in [2.05, 4.69) is 45.1 Å². The van der Waals surface area contributed by atoms with E-state index in [0.29, 0.717) is 0 Å². The van der Waals surface area contributed by atoms with Crippen molar-refractivity contribution in [2.75, 3.05) is 51.8 Å². The van der Waals surface area contributed by atoms with Crippen LogP contribution in [0.15, 0.2) is 23.3 Å². The lowest BCUT2D eigenvalue weighted by molar-refractivity contribution is 0.122. The molecule has 0 radical (unpaired) electrons. The Bertz CT molecular complexity index is 500. The highest BCUT2D eigenvalue weighted by Crippen LogP contribution is 2.18. The lowest BCUT2D eigenvalue weighted by Gasteiger charge is -2.30. The van der Waals surface area contributed by atoms with E-state index in [-0.39, 0.29) is 0 Å². The quantitative estimate of drug-likeness (QED) is 0.639. The van der Waals surface area contributed by atoms with Crippen molar-refractivity contribution in [1.29, 1.82) is 0 Å². The van der Waals surface area contributed by atoms with Gasteiger partial charge in [-0.2, -0.15) is 0 Å². The molecular formula is C17H29N5O. The second kappa shape index (κ2) is 9.35. The molecule has 0 saturated carbocycles. The van der Waals surface area contributed by atoms with Gasteiger partial charge in [0.2, 0.25) is 0 Å². The highest BCUT2D eigenvalue weighted by Gasteiger charge is 2.16. The van der Waals surface area contributed by atoms with E-state index in [0.717, 1.165) is 51.2 Å². The van der Waals surface area contributed by atoms with Gasteiger partial charge in [0.05, 0.1) is 13.2 Å². The van der Waals surface area contributed by atoms with Crippen LogP contribution >= 0.6 is 0 Å². The van der Waals surface area contributed by atoms with Crippen molar-refractivity contribution in [3.05, 3.63) is 23.9 Å². The number of morpholine rings is 1. The molecule has 2 rings (SSSR count). The fourth-order valence-electron chi connectivity index (χ4n) is 2.69. The summed E-state index contributed by atoms with van der Waals surface area (Å²) in [6, 6.07) is 4.12. The van der Waals surface area contributed by atoms with Crippen LogP contribution in [0.1, 0.15) is 25.3 Å². The monoisotopic (exact) mass is 319 g/mol. The maximum absolute atomic E-state index is 5.43. The molecule has 2 heterocycles. The van der Waals surface area contributed by atoms with Crippen molar-refractivity contribution in [1.82, 2.24) is 15.2 Å². The minimum absolute atomic E-state index is 0.726. The van der Waals surface area contributed by atoms with Crippen molar-refractivity contribution in [2.24, 2.45) is 4.99 Å². The number of anilines is 1. The molecule has 23 heavy (non-hydrogen) atoms. The van der Waals surface area contributed by atoms with Crippen LogP contribution in [0, 0.1) is 0 Å². The fourth-order valence-corrected chi connectivity index (χ4v) is 2.69. The first kappa shape index (κ1) is 17.5. The van der Waals surface area contributed by atoms with Crippen molar-refractivity contribution < 1.29 is 4.74 Å². The summed E-state index contributed by atoms with van der Waals surface area (Å²) >= 11 is 0. The van der Waals surface area contributed by atoms with E-state index in [1.807, 2.05) is 19.3 Å². The van der Waals surface area contributed by atoms with E-state index in [1.165, 1.54) is 18.4 Å². The van der Waals surface area contributed by atoms with Crippen LogP contribution in [0.3, 0.4) is 0 Å². The van der Waals surface area contributed by atoms with E-state index < -0.39 is 0 Å². The standard InChI is InChI=1S/C17H29N5O/c1-4-5-9-21(3)17(18-2)20-14-15-7-6-8-19-16(15)22-10-12-23-13-11-22/h6-8H,4-5,9-14H2,1-3H3,(H,18,20). The second-order valence-corrected chi connectivity index (χ2v) is 5.76. The highest BCUT2D eigenvalue weighted by atomic mass is 16.5. The van der Waals surface area contributed by atoms with Crippen LogP contribution in [-0.4, -0.2) is 62.8 Å². The van der Waals surface area contributed by atoms with Crippen LogP contribution in [0.5, 0.6) is 0 Å². The molecule has 0 aromatic carbocycles. The van der Waals surface area contributed by atoms with E-state index in [4.69, 9.17) is 4.74 Å². The van der Waals surface area contributed by atoms with Gasteiger partial charge in [-0.3, -0.25) is 4.99 Å². The normalized spacial score (nSPS) is 15.6. The summed E-state index contributed by atoms with van der Waals surface area (Å²) in [4.78, 5) is 13.4. The Morgan fingerprint density at radius 2 is 2.22 bits per heavy atom. The van der Waals surface area contributed by atoms with E-state index >= 15 is 0 Å². The third-order valence-electron chi connectivity index (χ3n) is 4.04. The molecular weight excluding hydrogens is 290 g/mol. The van der Waals surface area contributed by atoms with Crippen molar-refractivity contribution in [2.45, 2.75) is 26.3 Å². The molecule has 1 N–H and O–H groups in total. The Hall–Kier alpha value is -1.82. The minimum atomic E-state index is 0.726. The first-order chi connectivity index (χ1) is 11.3. The maximum atomic E-state index is 5.43. The zero-order valence-electron chi connectivity index (χ0n) is 14.6. The number of nitrogens with zero attached hydrogens (tertiary/aromatic N) is 4. The Morgan fingerprint density at radius 1 is 1.43 bits per heavy atom. The van der Waals surface area contributed by atoms with Gasteiger partial charge in [-0.25, -0.2) is 4.98 Å². The van der Waals surface area contributed by atoms with Gasteiger partial charge in [0, 0.05) is 52.0 Å². The first-order valence-corrected chi connectivity index (χ1v) is 8.44. The molecule has 1 fully saturated rings. The zero-order chi connectivity index (χ0) is 16.5.